The molecule has 27 heavy (non-hydrogen) atoms. The van der Waals surface area contributed by atoms with E-state index in [0.717, 1.165) is 60.6 Å². The van der Waals surface area contributed by atoms with Crippen LogP contribution >= 0.6 is 34.4 Å². The van der Waals surface area contributed by atoms with Crippen LogP contribution in [0, 0.1) is 17.4 Å². The van der Waals surface area contributed by atoms with E-state index in [1.165, 1.54) is 15.3 Å². The predicted molar refractivity (Wildman–Crippen MR) is 115 cm³/mol. The third-order valence-corrected chi connectivity index (χ3v) is 6.13. The van der Waals surface area contributed by atoms with Crippen LogP contribution in [0.4, 0.5) is 5.69 Å². The smallest absolute Gasteiger partial charge is 0.234 e. The quantitative estimate of drug-likeness (QED) is 0.485. The summed E-state index contributed by atoms with van der Waals surface area (Å²) < 4.78 is 8.51. The SMILES string of the molecule is Cc1cc(I)cc(C)c1NC(=O)CSc1nnc(CN2CCOCC2)n1C. The van der Waals surface area contributed by atoms with Gasteiger partial charge >= 0.3 is 0 Å². The lowest BCUT2D eigenvalue weighted by atomic mass is 10.1. The van der Waals surface area contributed by atoms with Crippen molar-refractivity contribution in [1.82, 2.24) is 19.7 Å². The van der Waals surface area contributed by atoms with Crippen molar-refractivity contribution >= 4 is 45.9 Å². The Kier molecular flexibility index (Phi) is 7.12. The zero-order valence-electron chi connectivity index (χ0n) is 15.8. The lowest BCUT2D eigenvalue weighted by molar-refractivity contribution is -0.113. The zero-order valence-corrected chi connectivity index (χ0v) is 18.8. The number of amides is 1. The van der Waals surface area contributed by atoms with E-state index in [0.29, 0.717) is 5.75 Å². The molecule has 1 aromatic heterocycles. The van der Waals surface area contributed by atoms with Crippen molar-refractivity contribution in [3.8, 4) is 0 Å². The van der Waals surface area contributed by atoms with E-state index in [9.17, 15) is 4.79 Å². The number of nitrogens with zero attached hydrogens (tertiary/aromatic N) is 4. The number of morpholine rings is 1. The predicted octanol–water partition coefficient (Wildman–Crippen LogP) is 2.60. The highest BCUT2D eigenvalue weighted by atomic mass is 127. The van der Waals surface area contributed by atoms with Gasteiger partial charge in [-0.25, -0.2) is 0 Å². The molecule has 0 saturated carbocycles. The molecular weight excluding hydrogens is 477 g/mol. The maximum atomic E-state index is 12.4. The van der Waals surface area contributed by atoms with E-state index in [2.05, 4.69) is 55.1 Å². The fraction of sp³-hybridized carbons (Fsp3) is 0.500. The van der Waals surface area contributed by atoms with Crippen molar-refractivity contribution in [2.45, 2.75) is 25.5 Å². The Labute approximate surface area is 177 Å². The van der Waals surface area contributed by atoms with Crippen molar-refractivity contribution in [2.75, 3.05) is 37.4 Å². The van der Waals surface area contributed by atoms with Gasteiger partial charge in [-0.05, 0) is 59.7 Å². The number of halogens is 1. The molecule has 7 nitrogen and oxygen atoms in total. The molecule has 0 radical (unpaired) electrons. The lowest BCUT2D eigenvalue weighted by Crippen LogP contribution is -2.36. The van der Waals surface area contributed by atoms with Crippen molar-refractivity contribution < 1.29 is 9.53 Å². The molecule has 0 aliphatic carbocycles. The summed E-state index contributed by atoms with van der Waals surface area (Å²) in [6, 6.07) is 4.13. The maximum absolute atomic E-state index is 12.4. The number of thioether (sulfide) groups is 1. The number of nitrogens with one attached hydrogen (secondary N) is 1. The van der Waals surface area contributed by atoms with E-state index >= 15 is 0 Å². The third-order valence-electron chi connectivity index (χ3n) is 4.49. The van der Waals surface area contributed by atoms with Crippen molar-refractivity contribution in [2.24, 2.45) is 7.05 Å². The minimum absolute atomic E-state index is 0.0369. The standard InChI is InChI=1S/C18H24IN5O2S/c1-12-8-14(19)9-13(2)17(12)20-16(25)11-27-18-22-21-15(23(18)3)10-24-4-6-26-7-5-24/h8-9H,4-7,10-11H2,1-3H3,(H,20,25). The average Bonchev–Trinajstić information content (AvgIpc) is 2.97. The molecule has 9 heteroatoms. The van der Waals surface area contributed by atoms with Crippen molar-refractivity contribution in [3.63, 3.8) is 0 Å². The fourth-order valence-corrected chi connectivity index (χ4v) is 4.65. The van der Waals surface area contributed by atoms with Gasteiger partial charge in [0.1, 0.15) is 5.82 Å². The third kappa shape index (κ3) is 5.43. The van der Waals surface area contributed by atoms with Crippen LogP contribution in [0.25, 0.3) is 0 Å². The molecule has 2 aromatic rings. The second-order valence-electron chi connectivity index (χ2n) is 6.60. The van der Waals surface area contributed by atoms with Crippen LogP contribution in [0.2, 0.25) is 0 Å². The van der Waals surface area contributed by atoms with Crippen LogP contribution in [0.15, 0.2) is 17.3 Å². The Morgan fingerprint density at radius 1 is 1.26 bits per heavy atom. The summed E-state index contributed by atoms with van der Waals surface area (Å²) in [4.78, 5) is 14.7. The number of aryl methyl sites for hydroxylation is 2. The minimum Gasteiger partial charge on any atom is -0.379 e. The van der Waals surface area contributed by atoms with Gasteiger partial charge in [-0.3, -0.25) is 9.69 Å². The van der Waals surface area contributed by atoms with Crippen LogP contribution in [0.3, 0.4) is 0 Å². The van der Waals surface area contributed by atoms with Crippen LogP contribution in [0.1, 0.15) is 17.0 Å². The molecule has 1 aliphatic heterocycles. The Balaban J connectivity index is 1.56. The molecule has 1 amide bonds. The summed E-state index contributed by atoms with van der Waals surface area (Å²) in [5, 5.41) is 12.3. The van der Waals surface area contributed by atoms with Gasteiger partial charge in [0.25, 0.3) is 0 Å². The van der Waals surface area contributed by atoms with Crippen LogP contribution in [-0.4, -0.2) is 57.6 Å². The number of hydrogen-bond donors (Lipinski definition) is 1. The maximum Gasteiger partial charge on any atom is 0.234 e. The summed E-state index contributed by atoms with van der Waals surface area (Å²) in [6.07, 6.45) is 0. The first-order chi connectivity index (χ1) is 12.9. The number of benzene rings is 1. The number of hydrogen-bond acceptors (Lipinski definition) is 6. The second kappa shape index (κ2) is 9.35. The summed E-state index contributed by atoms with van der Waals surface area (Å²) >= 11 is 3.69. The highest BCUT2D eigenvalue weighted by molar-refractivity contribution is 14.1. The molecule has 1 aliphatic rings. The Bertz CT molecular complexity index is 797. The van der Waals surface area contributed by atoms with Gasteiger partial charge in [-0.15, -0.1) is 10.2 Å². The normalized spacial score (nSPS) is 15.1. The molecule has 0 atom stereocenters. The molecule has 1 N–H and O–H groups in total. The van der Waals surface area contributed by atoms with Crippen molar-refractivity contribution in [1.29, 1.82) is 0 Å². The number of rotatable bonds is 6. The van der Waals surface area contributed by atoms with Gasteiger partial charge in [-0.1, -0.05) is 11.8 Å². The first-order valence-corrected chi connectivity index (χ1v) is 10.9. The molecule has 1 saturated heterocycles. The number of aromatic nitrogens is 3. The number of anilines is 1. The summed E-state index contributed by atoms with van der Waals surface area (Å²) in [5.74, 6) is 1.17. The molecule has 1 aromatic carbocycles. The summed E-state index contributed by atoms with van der Waals surface area (Å²) in [5.41, 5.74) is 3.04. The largest absolute Gasteiger partial charge is 0.379 e. The van der Waals surface area contributed by atoms with Gasteiger partial charge < -0.3 is 14.6 Å². The highest BCUT2D eigenvalue weighted by Gasteiger charge is 2.17. The molecule has 146 valence electrons. The Morgan fingerprint density at radius 3 is 2.59 bits per heavy atom. The van der Waals surface area contributed by atoms with E-state index in [1.54, 1.807) is 0 Å². The van der Waals surface area contributed by atoms with E-state index in [1.807, 2.05) is 25.5 Å². The monoisotopic (exact) mass is 501 g/mol. The molecule has 1 fully saturated rings. The van der Waals surface area contributed by atoms with Crippen LogP contribution in [0.5, 0.6) is 0 Å². The van der Waals surface area contributed by atoms with Gasteiger partial charge in [0, 0.05) is 29.4 Å². The van der Waals surface area contributed by atoms with Crippen molar-refractivity contribution in [3.05, 3.63) is 32.7 Å². The zero-order chi connectivity index (χ0) is 19.4. The molecular formula is C18H24IN5O2S. The molecule has 0 unspecified atom stereocenters. The number of carbonyl (C=O) groups is 1. The first-order valence-electron chi connectivity index (χ1n) is 8.82. The number of ether oxygens (including phenoxy) is 1. The van der Waals surface area contributed by atoms with E-state index in [4.69, 9.17) is 4.74 Å². The van der Waals surface area contributed by atoms with E-state index < -0.39 is 0 Å². The van der Waals surface area contributed by atoms with Gasteiger partial charge in [-0.2, -0.15) is 0 Å². The van der Waals surface area contributed by atoms with Gasteiger partial charge in [0.2, 0.25) is 5.91 Å². The summed E-state index contributed by atoms with van der Waals surface area (Å²) in [7, 11) is 1.95. The average molecular weight is 501 g/mol. The summed E-state index contributed by atoms with van der Waals surface area (Å²) in [6.45, 7) is 8.12. The molecule has 0 bridgehead atoms. The fourth-order valence-electron chi connectivity index (χ4n) is 2.98. The van der Waals surface area contributed by atoms with Crippen LogP contribution in [-0.2, 0) is 23.1 Å². The highest BCUT2D eigenvalue weighted by Crippen LogP contribution is 2.24. The topological polar surface area (TPSA) is 72.3 Å². The first kappa shape index (κ1) is 20.6. The second-order valence-corrected chi connectivity index (χ2v) is 8.79. The minimum atomic E-state index is -0.0369. The molecule has 3 rings (SSSR count). The number of carbonyl (C=O) groups excluding carboxylic acids is 1. The van der Waals surface area contributed by atoms with Crippen LogP contribution < -0.4 is 5.32 Å². The Morgan fingerprint density at radius 2 is 1.93 bits per heavy atom. The lowest BCUT2D eigenvalue weighted by Gasteiger charge is -2.25. The Hall–Kier alpha value is -1.17. The van der Waals surface area contributed by atoms with Gasteiger partial charge in [0.05, 0.1) is 25.5 Å². The van der Waals surface area contributed by atoms with E-state index in [-0.39, 0.29) is 5.91 Å². The molecule has 2 heterocycles. The van der Waals surface area contributed by atoms with Gasteiger partial charge in [0.15, 0.2) is 5.16 Å². The molecule has 0 spiro atoms.